The molecule has 2 aromatic heterocycles. The number of carboxylic acids is 1. The molecule has 2 aromatic rings. The molecule has 0 radical (unpaired) electrons. The first kappa shape index (κ1) is 12.7. The lowest BCUT2D eigenvalue weighted by Gasteiger charge is -2.03. The first-order valence-corrected chi connectivity index (χ1v) is 5.39. The first-order chi connectivity index (χ1) is 9.16. The van der Waals surface area contributed by atoms with Crippen molar-refractivity contribution in [2.24, 2.45) is 0 Å². The predicted octanol–water partition coefficient (Wildman–Crippen LogP) is 0.135. The summed E-state index contributed by atoms with van der Waals surface area (Å²) in [5, 5.41) is 14.9. The summed E-state index contributed by atoms with van der Waals surface area (Å²) in [6.45, 7) is 0.334. The Balaban J connectivity index is 1.87. The number of hydrogen-bond donors (Lipinski definition) is 2. The van der Waals surface area contributed by atoms with E-state index in [1.165, 1.54) is 18.5 Å². The van der Waals surface area contributed by atoms with Crippen molar-refractivity contribution in [2.75, 3.05) is 6.54 Å². The van der Waals surface area contributed by atoms with Crippen LogP contribution in [0, 0.1) is 0 Å². The van der Waals surface area contributed by atoms with E-state index in [0.717, 1.165) is 6.20 Å². The van der Waals surface area contributed by atoms with Crippen LogP contribution in [0.4, 0.5) is 0 Å². The molecule has 1 amide bonds. The van der Waals surface area contributed by atoms with Gasteiger partial charge in [-0.05, 0) is 12.1 Å². The lowest BCUT2D eigenvalue weighted by Crippen LogP contribution is -2.26. The smallest absolute Gasteiger partial charge is 0.337 e. The van der Waals surface area contributed by atoms with Crippen LogP contribution in [0.2, 0.25) is 0 Å². The highest BCUT2D eigenvalue weighted by molar-refractivity contribution is 5.93. The molecule has 0 fully saturated rings. The van der Waals surface area contributed by atoms with Crippen molar-refractivity contribution in [2.45, 2.75) is 6.42 Å². The van der Waals surface area contributed by atoms with Gasteiger partial charge in [0.25, 0.3) is 5.91 Å². The Kier molecular flexibility index (Phi) is 3.81. The highest BCUT2D eigenvalue weighted by atomic mass is 16.5. The highest BCUT2D eigenvalue weighted by Crippen LogP contribution is 2.00. The van der Waals surface area contributed by atoms with Crippen LogP contribution in [0.1, 0.15) is 26.7 Å². The van der Waals surface area contributed by atoms with Gasteiger partial charge < -0.3 is 14.9 Å². The number of rotatable bonds is 5. The lowest BCUT2D eigenvalue weighted by molar-refractivity contribution is 0.0695. The summed E-state index contributed by atoms with van der Waals surface area (Å²) in [7, 11) is 0. The largest absolute Gasteiger partial charge is 0.478 e. The van der Waals surface area contributed by atoms with Crippen molar-refractivity contribution in [3.8, 4) is 0 Å². The first-order valence-electron chi connectivity index (χ1n) is 5.39. The topological polar surface area (TPSA) is 118 Å². The van der Waals surface area contributed by atoms with Crippen LogP contribution in [0.3, 0.4) is 0 Å². The summed E-state index contributed by atoms with van der Waals surface area (Å²) in [4.78, 5) is 29.9. The Bertz CT molecular complexity index is 565. The standard InChI is InChI=1S/C11H10N4O4/c16-10(12-4-3-9-14-6-19-15-9)8-2-1-7(5-13-8)11(17)18/h1-2,5-6H,3-4H2,(H,12,16)(H,17,18). The van der Waals surface area contributed by atoms with E-state index in [1.54, 1.807) is 0 Å². The van der Waals surface area contributed by atoms with Gasteiger partial charge in [-0.25, -0.2) is 4.79 Å². The van der Waals surface area contributed by atoms with E-state index in [0.29, 0.717) is 18.8 Å². The van der Waals surface area contributed by atoms with Gasteiger partial charge in [0.15, 0.2) is 5.82 Å². The van der Waals surface area contributed by atoms with Crippen molar-refractivity contribution in [1.29, 1.82) is 0 Å². The van der Waals surface area contributed by atoms with Crippen molar-refractivity contribution in [1.82, 2.24) is 20.4 Å². The number of hydrogen-bond acceptors (Lipinski definition) is 6. The molecule has 0 aliphatic heterocycles. The zero-order valence-electron chi connectivity index (χ0n) is 9.74. The summed E-state index contributed by atoms with van der Waals surface area (Å²) in [6, 6.07) is 2.68. The zero-order chi connectivity index (χ0) is 13.7. The van der Waals surface area contributed by atoms with Gasteiger partial charge in [-0.1, -0.05) is 5.16 Å². The summed E-state index contributed by atoms with van der Waals surface area (Å²) in [5.74, 6) is -0.980. The van der Waals surface area contributed by atoms with E-state index in [4.69, 9.17) is 5.11 Å². The number of carbonyl (C=O) groups is 2. The molecule has 0 bridgehead atoms. The summed E-state index contributed by atoms with van der Waals surface area (Å²) in [6.07, 6.45) is 2.79. The third-order valence-electron chi connectivity index (χ3n) is 2.28. The van der Waals surface area contributed by atoms with Gasteiger partial charge in [-0.15, -0.1) is 0 Å². The average Bonchev–Trinajstić information content (AvgIpc) is 2.92. The van der Waals surface area contributed by atoms with Gasteiger partial charge in [0.2, 0.25) is 6.39 Å². The van der Waals surface area contributed by atoms with Gasteiger partial charge in [-0.2, -0.15) is 4.98 Å². The number of amides is 1. The molecule has 0 spiro atoms. The normalized spacial score (nSPS) is 10.1. The molecule has 0 aliphatic rings. The molecule has 8 nitrogen and oxygen atoms in total. The number of aromatic nitrogens is 3. The summed E-state index contributed by atoms with van der Waals surface area (Å²) >= 11 is 0. The molecule has 19 heavy (non-hydrogen) atoms. The highest BCUT2D eigenvalue weighted by Gasteiger charge is 2.09. The van der Waals surface area contributed by atoms with Crippen LogP contribution in [-0.2, 0) is 6.42 Å². The van der Waals surface area contributed by atoms with E-state index < -0.39 is 5.97 Å². The third-order valence-corrected chi connectivity index (χ3v) is 2.28. The molecule has 0 unspecified atom stereocenters. The molecule has 8 heteroatoms. The maximum atomic E-state index is 11.7. The van der Waals surface area contributed by atoms with Crippen LogP contribution >= 0.6 is 0 Å². The van der Waals surface area contributed by atoms with Gasteiger partial charge in [0.1, 0.15) is 5.69 Å². The van der Waals surface area contributed by atoms with Crippen molar-refractivity contribution < 1.29 is 19.2 Å². The Hall–Kier alpha value is -2.77. The fourth-order valence-corrected chi connectivity index (χ4v) is 1.34. The molecule has 2 N–H and O–H groups in total. The molecule has 98 valence electrons. The number of carbonyl (C=O) groups excluding carboxylic acids is 1. The maximum Gasteiger partial charge on any atom is 0.337 e. The van der Waals surface area contributed by atoms with Crippen LogP contribution in [-0.4, -0.2) is 38.7 Å². The van der Waals surface area contributed by atoms with Gasteiger partial charge in [0.05, 0.1) is 5.56 Å². The quantitative estimate of drug-likeness (QED) is 0.786. The van der Waals surface area contributed by atoms with Gasteiger partial charge in [0, 0.05) is 19.2 Å². The number of aromatic carboxylic acids is 1. The van der Waals surface area contributed by atoms with E-state index in [1.807, 2.05) is 0 Å². The molecule has 0 atom stereocenters. The molecule has 0 saturated carbocycles. The fourth-order valence-electron chi connectivity index (χ4n) is 1.34. The summed E-state index contributed by atoms with van der Waals surface area (Å²) < 4.78 is 4.55. The van der Waals surface area contributed by atoms with E-state index in [-0.39, 0.29) is 17.2 Å². The molecule has 2 rings (SSSR count). The SMILES string of the molecule is O=C(O)c1ccc(C(=O)NCCc2ncon2)nc1. The van der Waals surface area contributed by atoms with Crippen LogP contribution in [0.15, 0.2) is 29.2 Å². The monoisotopic (exact) mass is 262 g/mol. The second-order valence-electron chi connectivity index (χ2n) is 3.59. The van der Waals surface area contributed by atoms with Crippen LogP contribution in [0.25, 0.3) is 0 Å². The summed E-state index contributed by atoms with van der Waals surface area (Å²) in [5.41, 5.74) is 0.182. The zero-order valence-corrected chi connectivity index (χ0v) is 9.74. The molecule has 0 saturated heterocycles. The Morgan fingerprint density at radius 3 is 2.74 bits per heavy atom. The Morgan fingerprint density at radius 1 is 1.32 bits per heavy atom. The number of nitrogens with zero attached hydrogens (tertiary/aromatic N) is 3. The average molecular weight is 262 g/mol. The van der Waals surface area contributed by atoms with E-state index >= 15 is 0 Å². The minimum atomic E-state index is -1.09. The maximum absolute atomic E-state index is 11.7. The van der Waals surface area contributed by atoms with Crippen molar-refractivity contribution >= 4 is 11.9 Å². The molecular formula is C11H10N4O4. The fraction of sp³-hybridized carbons (Fsp3) is 0.182. The minimum Gasteiger partial charge on any atom is -0.478 e. The minimum absolute atomic E-state index is 0.0309. The second-order valence-corrected chi connectivity index (χ2v) is 3.59. The molecule has 0 aromatic carbocycles. The lowest BCUT2D eigenvalue weighted by atomic mass is 10.2. The Labute approximate surface area is 107 Å². The molecule has 0 aliphatic carbocycles. The Morgan fingerprint density at radius 2 is 2.16 bits per heavy atom. The van der Waals surface area contributed by atoms with Crippen molar-refractivity contribution in [3.05, 3.63) is 41.8 Å². The second kappa shape index (κ2) is 5.71. The number of nitrogens with one attached hydrogen (secondary N) is 1. The number of pyridine rings is 1. The van der Waals surface area contributed by atoms with Crippen LogP contribution in [0.5, 0.6) is 0 Å². The van der Waals surface area contributed by atoms with Crippen molar-refractivity contribution in [3.63, 3.8) is 0 Å². The van der Waals surface area contributed by atoms with E-state index in [2.05, 4.69) is 25.0 Å². The van der Waals surface area contributed by atoms with Gasteiger partial charge in [-0.3, -0.25) is 9.78 Å². The number of carboxylic acid groups (broad SMARTS) is 1. The molecular weight excluding hydrogens is 252 g/mol. The van der Waals surface area contributed by atoms with Gasteiger partial charge >= 0.3 is 5.97 Å². The predicted molar refractivity (Wildman–Crippen MR) is 61.5 cm³/mol. The third kappa shape index (κ3) is 3.35. The van der Waals surface area contributed by atoms with Crippen LogP contribution < -0.4 is 5.32 Å². The molecule has 2 heterocycles. The van der Waals surface area contributed by atoms with E-state index in [9.17, 15) is 9.59 Å².